The predicted molar refractivity (Wildman–Crippen MR) is 80.7 cm³/mol. The van der Waals surface area contributed by atoms with Crippen LogP contribution in [0.4, 0.5) is 5.69 Å². The molecule has 114 valence electrons. The van der Waals surface area contributed by atoms with Crippen molar-refractivity contribution in [2.45, 2.75) is 17.7 Å². The van der Waals surface area contributed by atoms with Gasteiger partial charge in [-0.2, -0.15) is 9.59 Å². The molecule has 0 saturated carbocycles. The molecule has 0 unspecified atom stereocenters. The summed E-state index contributed by atoms with van der Waals surface area (Å²) in [4.78, 5) is 16.6. The molecule has 2 aromatic carbocycles. The average molecular weight is 317 g/mol. The van der Waals surface area contributed by atoms with Gasteiger partial charge in [-0.15, -0.1) is 0 Å². The summed E-state index contributed by atoms with van der Waals surface area (Å²) in [5.41, 5.74) is 1.92. The molecule has 1 heterocycles. The first-order valence-corrected chi connectivity index (χ1v) is 8.20. The normalized spacial score (nSPS) is 13.4. The van der Waals surface area contributed by atoms with Crippen molar-refractivity contribution in [3.63, 3.8) is 0 Å². The van der Waals surface area contributed by atoms with Gasteiger partial charge in [-0.3, -0.25) is 4.31 Å². The van der Waals surface area contributed by atoms with E-state index < -0.39 is 10.0 Å². The number of nitrogens with zero attached hydrogens (tertiary/aromatic N) is 1. The molecule has 0 radical (unpaired) electrons. The van der Waals surface area contributed by atoms with E-state index in [9.17, 15) is 8.42 Å². The van der Waals surface area contributed by atoms with Crippen LogP contribution in [0.15, 0.2) is 59.5 Å². The summed E-state index contributed by atoms with van der Waals surface area (Å²) in [6.45, 7) is 0.550. The largest absolute Gasteiger partial charge is 0.373 e. The highest BCUT2D eigenvalue weighted by Gasteiger charge is 2.28. The molecular weight excluding hydrogens is 302 g/mol. The highest BCUT2D eigenvalue weighted by molar-refractivity contribution is 7.92. The van der Waals surface area contributed by atoms with Crippen LogP contribution in [0.5, 0.6) is 0 Å². The van der Waals surface area contributed by atoms with Gasteiger partial charge in [0.1, 0.15) is 0 Å². The lowest BCUT2D eigenvalue weighted by molar-refractivity contribution is -0.191. The topological polar surface area (TPSA) is 71.5 Å². The summed E-state index contributed by atoms with van der Waals surface area (Å²) in [5, 5.41) is 0. The lowest BCUT2D eigenvalue weighted by Gasteiger charge is -2.30. The van der Waals surface area contributed by atoms with E-state index in [1.807, 2.05) is 30.3 Å². The zero-order valence-corrected chi connectivity index (χ0v) is 12.6. The molecule has 0 amide bonds. The zero-order chi connectivity index (χ0) is 16.0. The number of fused-ring (bicyclic) bond motifs is 1. The van der Waals surface area contributed by atoms with Gasteiger partial charge in [0.15, 0.2) is 0 Å². The summed E-state index contributed by atoms with van der Waals surface area (Å²) < 4.78 is 26.9. The Bertz CT molecular complexity index is 766. The smallest absolute Gasteiger partial charge is 0.266 e. The lowest BCUT2D eigenvalue weighted by Crippen LogP contribution is -2.35. The Morgan fingerprint density at radius 3 is 2.18 bits per heavy atom. The van der Waals surface area contributed by atoms with Crippen molar-refractivity contribution in [2.24, 2.45) is 0 Å². The minimum atomic E-state index is -3.44. The van der Waals surface area contributed by atoms with Gasteiger partial charge in [0.25, 0.3) is 10.0 Å². The molecule has 0 saturated heterocycles. The quantitative estimate of drug-likeness (QED) is 0.851. The fraction of sp³-hybridized carbons (Fsp3) is 0.188. The van der Waals surface area contributed by atoms with Gasteiger partial charge in [0.05, 0.1) is 10.6 Å². The van der Waals surface area contributed by atoms with Gasteiger partial charge in [-0.05, 0) is 36.6 Å². The third kappa shape index (κ3) is 3.24. The van der Waals surface area contributed by atoms with E-state index >= 15 is 0 Å². The predicted octanol–water partition coefficient (Wildman–Crippen LogP) is 2.24. The van der Waals surface area contributed by atoms with Crippen LogP contribution in [-0.2, 0) is 26.0 Å². The van der Waals surface area contributed by atoms with Crippen LogP contribution in [0.2, 0.25) is 0 Å². The van der Waals surface area contributed by atoms with Gasteiger partial charge in [-0.25, -0.2) is 8.42 Å². The second-order valence-electron chi connectivity index (χ2n) is 4.71. The van der Waals surface area contributed by atoms with Crippen molar-refractivity contribution in [3.8, 4) is 0 Å². The molecule has 22 heavy (non-hydrogen) atoms. The molecule has 0 bridgehead atoms. The second-order valence-corrected chi connectivity index (χ2v) is 6.57. The molecule has 0 aliphatic carbocycles. The van der Waals surface area contributed by atoms with Crippen LogP contribution in [-0.4, -0.2) is 21.1 Å². The maximum atomic E-state index is 12.7. The first kappa shape index (κ1) is 15.9. The number of aryl methyl sites for hydroxylation is 1. The highest BCUT2D eigenvalue weighted by Crippen LogP contribution is 2.31. The molecule has 6 heteroatoms. The molecule has 1 aliphatic rings. The molecule has 2 aromatic rings. The Hall–Kier alpha value is -2.43. The van der Waals surface area contributed by atoms with E-state index in [-0.39, 0.29) is 6.15 Å². The van der Waals surface area contributed by atoms with Gasteiger partial charge < -0.3 is 0 Å². The minimum Gasteiger partial charge on any atom is -0.266 e. The number of hydrogen-bond acceptors (Lipinski definition) is 4. The number of hydrogen-bond donors (Lipinski definition) is 0. The Kier molecular flexibility index (Phi) is 5.09. The standard InChI is InChI=1S/C15H15NO2S.CO2/c17-19(18,14-9-2-1-3-10-14)16-12-6-8-13-7-4-5-11-15(13)16;2-1-3/h1-5,7,9-11H,6,8,12H2;. The molecular formula is C16H15NO4S. The maximum absolute atomic E-state index is 12.7. The number of rotatable bonds is 2. The number of benzene rings is 2. The van der Waals surface area contributed by atoms with E-state index in [2.05, 4.69) is 0 Å². The summed E-state index contributed by atoms with van der Waals surface area (Å²) in [6, 6.07) is 16.3. The monoisotopic (exact) mass is 317 g/mol. The van der Waals surface area contributed by atoms with E-state index in [1.54, 1.807) is 24.3 Å². The SMILES string of the molecule is O=C=O.O=S(=O)(c1ccccc1)N1CCCc2ccccc21. The summed E-state index contributed by atoms with van der Waals surface area (Å²) >= 11 is 0. The van der Waals surface area contributed by atoms with Gasteiger partial charge in [-0.1, -0.05) is 36.4 Å². The number of sulfonamides is 1. The highest BCUT2D eigenvalue weighted by atomic mass is 32.2. The van der Waals surface area contributed by atoms with Gasteiger partial charge in [0.2, 0.25) is 0 Å². The first-order chi connectivity index (χ1) is 10.6. The van der Waals surface area contributed by atoms with Gasteiger partial charge in [0, 0.05) is 6.54 Å². The van der Waals surface area contributed by atoms with Crippen molar-refractivity contribution >= 4 is 21.9 Å². The fourth-order valence-corrected chi connectivity index (χ4v) is 4.03. The second kappa shape index (κ2) is 7.02. The summed E-state index contributed by atoms with van der Waals surface area (Å²) in [6.07, 6.45) is 2.06. The van der Waals surface area contributed by atoms with E-state index in [4.69, 9.17) is 9.59 Å². The minimum absolute atomic E-state index is 0.250. The van der Waals surface area contributed by atoms with Crippen molar-refractivity contribution in [3.05, 3.63) is 60.2 Å². The molecule has 0 atom stereocenters. The van der Waals surface area contributed by atoms with Crippen LogP contribution >= 0.6 is 0 Å². The van der Waals surface area contributed by atoms with Crippen LogP contribution in [0, 0.1) is 0 Å². The Morgan fingerprint density at radius 2 is 1.50 bits per heavy atom. The third-order valence-electron chi connectivity index (χ3n) is 3.40. The van der Waals surface area contributed by atoms with Crippen LogP contribution in [0.3, 0.4) is 0 Å². The average Bonchev–Trinajstić information content (AvgIpc) is 2.56. The fourth-order valence-electron chi connectivity index (χ4n) is 2.47. The lowest BCUT2D eigenvalue weighted by atomic mass is 10.0. The summed E-state index contributed by atoms with van der Waals surface area (Å²) in [5.74, 6) is 0. The van der Waals surface area contributed by atoms with Gasteiger partial charge >= 0.3 is 6.15 Å². The van der Waals surface area contributed by atoms with Crippen molar-refractivity contribution in [1.82, 2.24) is 0 Å². The van der Waals surface area contributed by atoms with Crippen molar-refractivity contribution in [2.75, 3.05) is 10.8 Å². The Balaban J connectivity index is 0.000000545. The maximum Gasteiger partial charge on any atom is 0.373 e. The molecule has 0 fully saturated rings. The number of carbonyl (C=O) groups excluding carboxylic acids is 2. The zero-order valence-electron chi connectivity index (χ0n) is 11.8. The van der Waals surface area contributed by atoms with Crippen LogP contribution in [0.25, 0.3) is 0 Å². The van der Waals surface area contributed by atoms with Crippen LogP contribution < -0.4 is 4.31 Å². The number of anilines is 1. The first-order valence-electron chi connectivity index (χ1n) is 6.76. The van der Waals surface area contributed by atoms with Crippen molar-refractivity contribution in [1.29, 1.82) is 0 Å². The molecule has 3 rings (SSSR count). The van der Waals surface area contributed by atoms with E-state index in [1.165, 1.54) is 4.31 Å². The summed E-state index contributed by atoms with van der Waals surface area (Å²) in [7, 11) is -3.44. The van der Waals surface area contributed by atoms with E-state index in [0.29, 0.717) is 11.4 Å². The number of para-hydroxylation sites is 1. The molecule has 0 spiro atoms. The molecule has 1 aliphatic heterocycles. The van der Waals surface area contributed by atoms with Crippen molar-refractivity contribution < 1.29 is 18.0 Å². The molecule has 0 aromatic heterocycles. The van der Waals surface area contributed by atoms with Crippen LogP contribution in [0.1, 0.15) is 12.0 Å². The molecule has 0 N–H and O–H groups in total. The van der Waals surface area contributed by atoms with E-state index in [0.717, 1.165) is 24.1 Å². The third-order valence-corrected chi connectivity index (χ3v) is 5.23. The molecule has 5 nitrogen and oxygen atoms in total. The Labute approximate surface area is 129 Å². The Morgan fingerprint density at radius 1 is 0.909 bits per heavy atom.